The van der Waals surface area contributed by atoms with E-state index >= 15 is 0 Å². The van der Waals surface area contributed by atoms with Gasteiger partial charge in [0.05, 0.1) is 22.0 Å². The zero-order valence-electron chi connectivity index (χ0n) is 12.1. The maximum Gasteiger partial charge on any atom is 0.243 e. The highest BCUT2D eigenvalue weighted by molar-refractivity contribution is 7.16. The standard InChI is InChI=1S/C15H12Cl2N4OS/c1-21(14-10-4-5-23-15(10)19-8-18-14)7-13(22)20-9-2-3-11(16)12(17)6-9/h2-6,8H,7H2,1H3,(H,20,22). The normalized spacial score (nSPS) is 10.7. The highest BCUT2D eigenvalue weighted by atomic mass is 35.5. The molecule has 1 amide bonds. The minimum Gasteiger partial charge on any atom is -0.350 e. The van der Waals surface area contributed by atoms with E-state index in [9.17, 15) is 4.79 Å². The number of hydrogen-bond donors (Lipinski definition) is 1. The minimum atomic E-state index is -0.173. The molecule has 0 bridgehead atoms. The Morgan fingerprint density at radius 1 is 1.26 bits per heavy atom. The van der Waals surface area contributed by atoms with Crippen molar-refractivity contribution in [3.8, 4) is 0 Å². The molecule has 0 radical (unpaired) electrons. The van der Waals surface area contributed by atoms with Crippen molar-refractivity contribution in [1.29, 1.82) is 0 Å². The van der Waals surface area contributed by atoms with E-state index in [0.29, 0.717) is 15.7 Å². The number of nitrogens with zero attached hydrogens (tertiary/aromatic N) is 3. The summed E-state index contributed by atoms with van der Waals surface area (Å²) in [5.74, 6) is 0.549. The Morgan fingerprint density at radius 2 is 2.09 bits per heavy atom. The number of nitrogens with one attached hydrogen (secondary N) is 1. The van der Waals surface area contributed by atoms with E-state index in [4.69, 9.17) is 23.2 Å². The van der Waals surface area contributed by atoms with Crippen molar-refractivity contribution < 1.29 is 4.79 Å². The van der Waals surface area contributed by atoms with Crippen LogP contribution in [0.1, 0.15) is 0 Å². The fraction of sp³-hybridized carbons (Fsp3) is 0.133. The molecule has 0 saturated heterocycles. The molecule has 0 aliphatic heterocycles. The van der Waals surface area contributed by atoms with Crippen LogP contribution in [-0.2, 0) is 4.79 Å². The number of fused-ring (bicyclic) bond motifs is 1. The lowest BCUT2D eigenvalue weighted by Crippen LogP contribution is -2.30. The second-order valence-corrected chi connectivity index (χ2v) is 6.58. The number of carbonyl (C=O) groups is 1. The molecule has 8 heteroatoms. The van der Waals surface area contributed by atoms with Crippen molar-refractivity contribution in [2.24, 2.45) is 0 Å². The number of amides is 1. The molecule has 0 aliphatic rings. The molecule has 3 rings (SSSR count). The lowest BCUT2D eigenvalue weighted by molar-refractivity contribution is -0.114. The van der Waals surface area contributed by atoms with Crippen molar-refractivity contribution in [3.05, 3.63) is 46.0 Å². The van der Waals surface area contributed by atoms with Crippen molar-refractivity contribution in [2.75, 3.05) is 23.8 Å². The molecule has 118 valence electrons. The third kappa shape index (κ3) is 3.55. The van der Waals surface area contributed by atoms with Crippen LogP contribution in [0.25, 0.3) is 10.2 Å². The minimum absolute atomic E-state index is 0.155. The van der Waals surface area contributed by atoms with Crippen LogP contribution in [0.4, 0.5) is 11.5 Å². The Morgan fingerprint density at radius 3 is 2.87 bits per heavy atom. The summed E-state index contributed by atoms with van der Waals surface area (Å²) in [4.78, 5) is 23.3. The fourth-order valence-corrected chi connectivity index (χ4v) is 3.17. The molecular weight excluding hydrogens is 355 g/mol. The Balaban J connectivity index is 1.72. The molecule has 5 nitrogen and oxygen atoms in total. The summed E-state index contributed by atoms with van der Waals surface area (Å²) in [6, 6.07) is 6.91. The van der Waals surface area contributed by atoms with Gasteiger partial charge in [0.15, 0.2) is 0 Å². The van der Waals surface area contributed by atoms with Gasteiger partial charge < -0.3 is 10.2 Å². The van der Waals surface area contributed by atoms with Crippen molar-refractivity contribution in [2.45, 2.75) is 0 Å². The van der Waals surface area contributed by atoms with Gasteiger partial charge in [-0.3, -0.25) is 4.79 Å². The number of carbonyl (C=O) groups excluding carboxylic acids is 1. The van der Waals surface area contributed by atoms with Crippen LogP contribution >= 0.6 is 34.5 Å². The van der Waals surface area contributed by atoms with E-state index in [1.54, 1.807) is 23.1 Å². The van der Waals surface area contributed by atoms with Crippen LogP contribution in [0.2, 0.25) is 10.0 Å². The van der Waals surface area contributed by atoms with Crippen LogP contribution in [0.3, 0.4) is 0 Å². The molecule has 0 unspecified atom stereocenters. The maximum absolute atomic E-state index is 12.2. The number of rotatable bonds is 4. The first-order valence-electron chi connectivity index (χ1n) is 6.69. The number of benzene rings is 1. The van der Waals surface area contributed by atoms with Crippen LogP contribution in [0, 0.1) is 0 Å². The first-order valence-corrected chi connectivity index (χ1v) is 8.32. The molecule has 0 aliphatic carbocycles. The van der Waals surface area contributed by atoms with Gasteiger partial charge in [-0.05, 0) is 29.6 Å². The Bertz CT molecular complexity index is 868. The molecule has 0 saturated carbocycles. The average Bonchev–Trinajstić information content (AvgIpc) is 2.99. The lowest BCUT2D eigenvalue weighted by atomic mass is 10.3. The highest BCUT2D eigenvalue weighted by Crippen LogP contribution is 2.27. The van der Waals surface area contributed by atoms with E-state index in [-0.39, 0.29) is 12.5 Å². The zero-order chi connectivity index (χ0) is 16.4. The molecule has 0 fully saturated rings. The summed E-state index contributed by atoms with van der Waals surface area (Å²) in [6.45, 7) is 0.155. The summed E-state index contributed by atoms with van der Waals surface area (Å²) < 4.78 is 0. The second kappa shape index (κ2) is 6.70. The molecule has 3 aromatic rings. The average molecular weight is 367 g/mol. The summed E-state index contributed by atoms with van der Waals surface area (Å²) in [5, 5.41) is 6.52. The monoisotopic (exact) mass is 366 g/mol. The van der Waals surface area contributed by atoms with E-state index in [1.807, 2.05) is 18.5 Å². The number of aromatic nitrogens is 2. The third-order valence-electron chi connectivity index (χ3n) is 3.19. The van der Waals surface area contributed by atoms with Gasteiger partial charge in [0.2, 0.25) is 5.91 Å². The SMILES string of the molecule is CN(CC(=O)Nc1ccc(Cl)c(Cl)c1)c1ncnc2sccc12. The third-order valence-corrected chi connectivity index (χ3v) is 4.75. The number of halogens is 2. The van der Waals surface area contributed by atoms with Gasteiger partial charge in [-0.1, -0.05) is 23.2 Å². The van der Waals surface area contributed by atoms with Gasteiger partial charge in [0.25, 0.3) is 0 Å². The van der Waals surface area contributed by atoms with E-state index in [2.05, 4.69) is 15.3 Å². The lowest BCUT2D eigenvalue weighted by Gasteiger charge is -2.18. The largest absolute Gasteiger partial charge is 0.350 e. The topological polar surface area (TPSA) is 58.1 Å². The first kappa shape index (κ1) is 16.0. The molecule has 1 N–H and O–H groups in total. The summed E-state index contributed by atoms with van der Waals surface area (Å²) >= 11 is 13.3. The van der Waals surface area contributed by atoms with Crippen LogP contribution in [0.15, 0.2) is 36.0 Å². The second-order valence-electron chi connectivity index (χ2n) is 4.87. The predicted octanol–water partition coefficient (Wildman–Crippen LogP) is 4.07. The fourth-order valence-electron chi connectivity index (χ4n) is 2.15. The Hall–Kier alpha value is -1.89. The Labute approximate surface area is 146 Å². The molecule has 0 atom stereocenters. The predicted molar refractivity (Wildman–Crippen MR) is 95.8 cm³/mol. The van der Waals surface area contributed by atoms with Crippen LogP contribution in [-0.4, -0.2) is 29.5 Å². The smallest absolute Gasteiger partial charge is 0.243 e. The molecule has 2 aromatic heterocycles. The quantitative estimate of drug-likeness (QED) is 0.755. The van der Waals surface area contributed by atoms with E-state index in [0.717, 1.165) is 16.0 Å². The van der Waals surface area contributed by atoms with Gasteiger partial charge in [-0.25, -0.2) is 9.97 Å². The maximum atomic E-state index is 12.2. The highest BCUT2D eigenvalue weighted by Gasteiger charge is 2.13. The summed E-state index contributed by atoms with van der Waals surface area (Å²) in [6.07, 6.45) is 1.50. The van der Waals surface area contributed by atoms with Gasteiger partial charge in [-0.15, -0.1) is 11.3 Å². The number of hydrogen-bond acceptors (Lipinski definition) is 5. The van der Waals surface area contributed by atoms with Crippen molar-refractivity contribution in [3.63, 3.8) is 0 Å². The molecule has 23 heavy (non-hydrogen) atoms. The first-order chi connectivity index (χ1) is 11.0. The van der Waals surface area contributed by atoms with Crippen molar-refractivity contribution in [1.82, 2.24) is 9.97 Å². The Kier molecular flexibility index (Phi) is 4.66. The van der Waals surface area contributed by atoms with Gasteiger partial charge in [-0.2, -0.15) is 0 Å². The van der Waals surface area contributed by atoms with E-state index in [1.165, 1.54) is 17.7 Å². The zero-order valence-corrected chi connectivity index (χ0v) is 14.4. The van der Waals surface area contributed by atoms with Gasteiger partial charge in [0.1, 0.15) is 17.0 Å². The van der Waals surface area contributed by atoms with Gasteiger partial charge in [0, 0.05) is 12.7 Å². The number of anilines is 2. The molecular formula is C15H12Cl2N4OS. The molecule has 2 heterocycles. The molecule has 0 spiro atoms. The van der Waals surface area contributed by atoms with Crippen molar-refractivity contribution >= 4 is 62.2 Å². The van der Waals surface area contributed by atoms with Crippen LogP contribution < -0.4 is 10.2 Å². The van der Waals surface area contributed by atoms with E-state index < -0.39 is 0 Å². The number of likely N-dealkylation sites (N-methyl/N-ethyl adjacent to an activating group) is 1. The summed E-state index contributed by atoms with van der Waals surface area (Å²) in [5.41, 5.74) is 0.598. The number of thiophene rings is 1. The van der Waals surface area contributed by atoms with Gasteiger partial charge >= 0.3 is 0 Å². The molecule has 1 aromatic carbocycles. The van der Waals surface area contributed by atoms with Crippen LogP contribution in [0.5, 0.6) is 0 Å². The summed E-state index contributed by atoms with van der Waals surface area (Å²) in [7, 11) is 1.81.